The van der Waals surface area contributed by atoms with Crippen LogP contribution in [0.4, 0.5) is 5.82 Å². The van der Waals surface area contributed by atoms with Crippen molar-refractivity contribution in [1.82, 2.24) is 24.2 Å². The Morgan fingerprint density at radius 3 is 2.60 bits per heavy atom. The fourth-order valence-corrected chi connectivity index (χ4v) is 4.72. The number of para-hydroxylation sites is 1. The van der Waals surface area contributed by atoms with E-state index in [1.54, 1.807) is 41.0 Å². The molecule has 154 valence electrons. The number of sulfonamides is 1. The van der Waals surface area contributed by atoms with Crippen molar-refractivity contribution in [2.75, 3.05) is 18.9 Å². The number of imidazole rings is 1. The van der Waals surface area contributed by atoms with Crippen LogP contribution in [0, 0.1) is 0 Å². The molecule has 0 atom stereocenters. The summed E-state index contributed by atoms with van der Waals surface area (Å²) >= 11 is 0. The first-order valence-corrected chi connectivity index (χ1v) is 10.4. The van der Waals surface area contributed by atoms with Crippen LogP contribution in [0.2, 0.25) is 0 Å². The Kier molecular flexibility index (Phi) is 5.06. The molecule has 0 aliphatic carbocycles. The second-order valence-electron chi connectivity index (χ2n) is 6.49. The Hall–Kier alpha value is -3.57. The predicted octanol–water partition coefficient (Wildman–Crippen LogP) is 0.770. The number of carbonyl (C=O) groups is 2. The van der Waals surface area contributed by atoms with Gasteiger partial charge in [-0.05, 0) is 24.3 Å². The smallest absolute Gasteiger partial charge is 0.277 e. The van der Waals surface area contributed by atoms with Gasteiger partial charge in [-0.15, -0.1) is 0 Å². The molecule has 2 aromatic heterocycles. The van der Waals surface area contributed by atoms with Crippen molar-refractivity contribution in [1.29, 1.82) is 0 Å². The molecule has 0 saturated heterocycles. The number of hydrogen-bond acceptors (Lipinski definition) is 6. The fraction of sp³-hybridized carbons (Fsp3) is 0.158. The lowest BCUT2D eigenvalue weighted by atomic mass is 10.2. The van der Waals surface area contributed by atoms with Gasteiger partial charge in [0.05, 0.1) is 24.5 Å². The van der Waals surface area contributed by atoms with Crippen LogP contribution >= 0.6 is 0 Å². The fourth-order valence-electron chi connectivity index (χ4n) is 3.18. The van der Waals surface area contributed by atoms with Crippen LogP contribution < -0.4 is 10.6 Å². The number of benzene rings is 1. The number of likely N-dealkylation sites (N-methyl/N-ethyl adjacent to an activating group) is 1. The quantitative estimate of drug-likeness (QED) is 0.635. The van der Waals surface area contributed by atoms with Crippen molar-refractivity contribution >= 4 is 27.7 Å². The summed E-state index contributed by atoms with van der Waals surface area (Å²) in [5.41, 5.74) is 0.756. The molecule has 0 unspecified atom stereocenters. The van der Waals surface area contributed by atoms with Gasteiger partial charge < -0.3 is 10.6 Å². The topological polar surface area (TPSA) is 126 Å². The zero-order valence-corrected chi connectivity index (χ0v) is 16.8. The summed E-state index contributed by atoms with van der Waals surface area (Å²) in [6.45, 7) is -0.588. The van der Waals surface area contributed by atoms with Crippen molar-refractivity contribution in [2.24, 2.45) is 0 Å². The molecule has 1 aliphatic heterocycles. The van der Waals surface area contributed by atoms with Gasteiger partial charge in [0, 0.05) is 13.2 Å². The van der Waals surface area contributed by atoms with Gasteiger partial charge in [-0.25, -0.2) is 18.4 Å². The number of rotatable bonds is 4. The van der Waals surface area contributed by atoms with Crippen LogP contribution in [0.5, 0.6) is 0 Å². The first kappa shape index (κ1) is 19.7. The molecule has 1 aliphatic rings. The van der Waals surface area contributed by atoms with E-state index < -0.39 is 21.8 Å². The van der Waals surface area contributed by atoms with Gasteiger partial charge in [0.25, 0.3) is 5.91 Å². The van der Waals surface area contributed by atoms with Gasteiger partial charge >= 0.3 is 0 Å². The summed E-state index contributed by atoms with van der Waals surface area (Å²) < 4.78 is 29.0. The van der Waals surface area contributed by atoms with Gasteiger partial charge in [0.15, 0.2) is 5.69 Å². The molecule has 30 heavy (non-hydrogen) atoms. The standard InChI is InChI=1S/C19H18N6O4S/c1-20-17(26)11-24-10-14-18(19(27)23-16-8-4-5-9-21-16)22-12-25(14)13-6-2-3-7-15(13)30(24,28)29/h2-9,12H,10-11H2,1H3,(H,20,26)(H,21,23,27). The maximum Gasteiger partial charge on any atom is 0.277 e. The molecular weight excluding hydrogens is 408 g/mol. The van der Waals surface area contributed by atoms with Gasteiger partial charge in [-0.2, -0.15) is 4.31 Å². The molecule has 0 bridgehead atoms. The molecule has 0 radical (unpaired) electrons. The van der Waals surface area contributed by atoms with E-state index in [9.17, 15) is 18.0 Å². The monoisotopic (exact) mass is 426 g/mol. The van der Waals surface area contributed by atoms with E-state index in [-0.39, 0.29) is 23.7 Å². The zero-order valence-electron chi connectivity index (χ0n) is 15.9. The molecule has 0 fully saturated rings. The maximum atomic E-state index is 13.2. The van der Waals surface area contributed by atoms with Crippen molar-refractivity contribution in [2.45, 2.75) is 11.4 Å². The molecule has 1 aromatic carbocycles. The third-order valence-electron chi connectivity index (χ3n) is 4.66. The minimum Gasteiger partial charge on any atom is -0.358 e. The lowest BCUT2D eigenvalue weighted by Crippen LogP contribution is -2.39. The summed E-state index contributed by atoms with van der Waals surface area (Å²) in [5, 5.41) is 5.08. The lowest BCUT2D eigenvalue weighted by Gasteiger charge is -2.19. The maximum absolute atomic E-state index is 13.2. The number of nitrogens with zero attached hydrogens (tertiary/aromatic N) is 4. The van der Waals surface area contributed by atoms with Gasteiger partial charge in [0.2, 0.25) is 15.9 Å². The Bertz CT molecular complexity index is 1220. The normalized spacial score (nSPS) is 14.8. The molecule has 3 heterocycles. The van der Waals surface area contributed by atoms with Crippen molar-refractivity contribution < 1.29 is 18.0 Å². The summed E-state index contributed by atoms with van der Waals surface area (Å²) in [4.78, 5) is 33.1. The Morgan fingerprint density at radius 2 is 1.87 bits per heavy atom. The number of aromatic nitrogens is 3. The second kappa shape index (κ2) is 7.69. The first-order chi connectivity index (χ1) is 14.4. The van der Waals surface area contributed by atoms with E-state index in [2.05, 4.69) is 20.6 Å². The SMILES string of the molecule is CNC(=O)CN1Cc2c(C(=O)Nc3ccccn3)ncn2-c2ccccc2S1(=O)=O. The molecule has 11 heteroatoms. The van der Waals surface area contributed by atoms with Crippen LogP contribution in [-0.4, -0.2) is 52.7 Å². The van der Waals surface area contributed by atoms with Crippen LogP contribution in [0.3, 0.4) is 0 Å². The third-order valence-corrected chi connectivity index (χ3v) is 6.49. The van der Waals surface area contributed by atoms with E-state index in [0.717, 1.165) is 4.31 Å². The number of anilines is 1. The molecule has 0 saturated carbocycles. The van der Waals surface area contributed by atoms with E-state index in [0.29, 0.717) is 17.2 Å². The van der Waals surface area contributed by atoms with E-state index in [1.165, 1.54) is 25.6 Å². The second-order valence-corrected chi connectivity index (χ2v) is 8.40. The summed E-state index contributed by atoms with van der Waals surface area (Å²) in [6, 6.07) is 11.5. The molecule has 2 N–H and O–H groups in total. The average molecular weight is 426 g/mol. The largest absolute Gasteiger partial charge is 0.358 e. The van der Waals surface area contributed by atoms with Gasteiger partial charge in [-0.3, -0.25) is 14.2 Å². The Labute approximate surface area is 172 Å². The molecule has 3 aromatic rings. The highest BCUT2D eigenvalue weighted by Gasteiger charge is 2.35. The van der Waals surface area contributed by atoms with Crippen molar-refractivity contribution in [3.05, 3.63) is 66.4 Å². The summed E-state index contributed by atoms with van der Waals surface area (Å²) in [7, 11) is -2.56. The molecule has 4 rings (SSSR count). The van der Waals surface area contributed by atoms with Crippen molar-refractivity contribution in [3.63, 3.8) is 0 Å². The lowest BCUT2D eigenvalue weighted by molar-refractivity contribution is -0.120. The number of hydrogen-bond donors (Lipinski definition) is 2. The van der Waals surface area contributed by atoms with Crippen LogP contribution in [0.1, 0.15) is 16.2 Å². The predicted molar refractivity (Wildman–Crippen MR) is 107 cm³/mol. The van der Waals surface area contributed by atoms with Crippen LogP contribution in [-0.2, 0) is 21.4 Å². The third kappa shape index (κ3) is 3.44. The number of pyridine rings is 1. The van der Waals surface area contributed by atoms with Gasteiger partial charge in [0.1, 0.15) is 17.0 Å². The number of amides is 2. The summed E-state index contributed by atoms with van der Waals surface area (Å²) in [6.07, 6.45) is 2.94. The van der Waals surface area contributed by atoms with Crippen molar-refractivity contribution in [3.8, 4) is 5.69 Å². The minimum atomic E-state index is -3.98. The number of carbonyl (C=O) groups excluding carboxylic acids is 2. The summed E-state index contributed by atoms with van der Waals surface area (Å²) in [5.74, 6) is -0.657. The van der Waals surface area contributed by atoms with Crippen LogP contribution in [0.15, 0.2) is 59.9 Å². The molecular formula is C19H18N6O4S. The Balaban J connectivity index is 1.81. The van der Waals surface area contributed by atoms with E-state index in [1.807, 2.05) is 0 Å². The van der Waals surface area contributed by atoms with Crippen LogP contribution in [0.25, 0.3) is 5.69 Å². The zero-order chi connectivity index (χ0) is 21.3. The van der Waals surface area contributed by atoms with Gasteiger partial charge in [-0.1, -0.05) is 18.2 Å². The minimum absolute atomic E-state index is 0.0294. The molecule has 10 nitrogen and oxygen atoms in total. The average Bonchev–Trinajstić information content (AvgIpc) is 3.14. The first-order valence-electron chi connectivity index (χ1n) is 9.00. The highest BCUT2D eigenvalue weighted by molar-refractivity contribution is 7.89. The molecule has 2 amide bonds. The number of nitrogens with one attached hydrogen (secondary N) is 2. The van der Waals surface area contributed by atoms with E-state index in [4.69, 9.17) is 0 Å². The number of fused-ring (bicyclic) bond motifs is 3. The van der Waals surface area contributed by atoms with E-state index >= 15 is 0 Å². The molecule has 0 spiro atoms. The highest BCUT2D eigenvalue weighted by atomic mass is 32.2. The Morgan fingerprint density at radius 1 is 1.10 bits per heavy atom. The highest BCUT2D eigenvalue weighted by Crippen LogP contribution is 2.31.